The fraction of sp³-hybridized carbons (Fsp3) is 0.211. The van der Waals surface area contributed by atoms with Crippen LogP contribution in [0.3, 0.4) is 0 Å². The molecule has 3 heteroatoms. The van der Waals surface area contributed by atoms with E-state index in [1.165, 1.54) is 0 Å². The Kier molecular flexibility index (Phi) is 5.95. The molecule has 2 aromatic carbocycles. The van der Waals surface area contributed by atoms with Crippen LogP contribution in [0.15, 0.2) is 53.4 Å². The van der Waals surface area contributed by atoms with Gasteiger partial charge in [0.2, 0.25) is 0 Å². The molecule has 0 aliphatic carbocycles. The molecule has 1 unspecified atom stereocenters. The third-order valence-corrected chi connectivity index (χ3v) is 3.73. The molecule has 0 bridgehead atoms. The highest BCUT2D eigenvalue weighted by atomic mass is 32.2. The molecule has 2 aromatic rings. The Morgan fingerprint density at radius 1 is 1.00 bits per heavy atom. The summed E-state index contributed by atoms with van der Waals surface area (Å²) in [6.07, 6.45) is 1.21. The predicted octanol–water partition coefficient (Wildman–Crippen LogP) is 4.84. The van der Waals surface area contributed by atoms with E-state index in [9.17, 15) is 0 Å². The number of ether oxygens (including phenoxy) is 1. The number of nitriles is 1. The van der Waals surface area contributed by atoms with Gasteiger partial charge in [-0.1, -0.05) is 18.8 Å². The molecule has 0 saturated heterocycles. The molecule has 0 aliphatic heterocycles. The molecule has 22 heavy (non-hydrogen) atoms. The van der Waals surface area contributed by atoms with Crippen LogP contribution >= 0.6 is 11.8 Å². The quantitative estimate of drug-likeness (QED) is 0.460. The Morgan fingerprint density at radius 3 is 2.05 bits per heavy atom. The molecule has 0 saturated carbocycles. The monoisotopic (exact) mass is 307 g/mol. The van der Waals surface area contributed by atoms with E-state index in [2.05, 4.69) is 31.1 Å². The smallest absolute Gasteiger partial charge is 0.138 e. The topological polar surface area (TPSA) is 33.0 Å². The van der Waals surface area contributed by atoms with Crippen LogP contribution in [0.2, 0.25) is 0 Å². The average molecular weight is 307 g/mol. The molecule has 0 aromatic heterocycles. The van der Waals surface area contributed by atoms with E-state index in [0.717, 1.165) is 40.0 Å². The zero-order valence-corrected chi connectivity index (χ0v) is 13.5. The van der Waals surface area contributed by atoms with E-state index < -0.39 is 0 Å². The number of rotatable bonds is 4. The number of hydrogen-bond donors (Lipinski definition) is 0. The maximum absolute atomic E-state index is 8.61. The number of thioether (sulfide) groups is 1. The first-order chi connectivity index (χ1) is 10.7. The maximum Gasteiger partial charge on any atom is 0.138 e. The largest absolute Gasteiger partial charge is 0.491 e. The van der Waals surface area contributed by atoms with E-state index in [4.69, 9.17) is 10.00 Å². The van der Waals surface area contributed by atoms with E-state index in [-0.39, 0.29) is 6.10 Å². The van der Waals surface area contributed by atoms with Crippen molar-refractivity contribution in [3.05, 3.63) is 59.7 Å². The molecule has 2 nitrogen and oxygen atoms in total. The van der Waals surface area contributed by atoms with Gasteiger partial charge in [-0.15, -0.1) is 0 Å². The van der Waals surface area contributed by atoms with Crippen molar-refractivity contribution in [2.75, 3.05) is 0 Å². The number of benzene rings is 2. The normalized spacial score (nSPS) is 11.0. The fourth-order valence-corrected chi connectivity index (χ4v) is 2.11. The number of nitrogens with zero attached hydrogens (tertiary/aromatic N) is 1. The maximum atomic E-state index is 8.61. The summed E-state index contributed by atoms with van der Waals surface area (Å²) in [6.45, 7) is 4.16. The molecule has 2 rings (SSSR count). The zero-order valence-electron chi connectivity index (χ0n) is 12.7. The average Bonchev–Trinajstić information content (AvgIpc) is 2.56. The second-order valence-corrected chi connectivity index (χ2v) is 5.69. The third-order valence-electron chi connectivity index (χ3n) is 3.14. The minimum absolute atomic E-state index is 0.224. The summed E-state index contributed by atoms with van der Waals surface area (Å²) in [6, 6.07) is 15.5. The minimum atomic E-state index is 0.224. The van der Waals surface area contributed by atoms with Gasteiger partial charge in [0.1, 0.15) is 11.2 Å². The Morgan fingerprint density at radius 2 is 1.55 bits per heavy atom. The Balaban J connectivity index is 2.03. The molecule has 0 N–H and O–H groups in total. The van der Waals surface area contributed by atoms with Crippen LogP contribution in [0.5, 0.6) is 5.75 Å². The van der Waals surface area contributed by atoms with Crippen molar-refractivity contribution in [2.24, 2.45) is 0 Å². The van der Waals surface area contributed by atoms with Crippen molar-refractivity contribution in [3.63, 3.8) is 0 Å². The summed E-state index contributed by atoms with van der Waals surface area (Å²) in [5.41, 5.74) is 1.88. The Hall–Kier alpha value is -2.36. The van der Waals surface area contributed by atoms with Crippen molar-refractivity contribution < 1.29 is 4.74 Å². The van der Waals surface area contributed by atoms with Crippen LogP contribution < -0.4 is 4.74 Å². The van der Waals surface area contributed by atoms with Gasteiger partial charge in [0.25, 0.3) is 0 Å². The lowest BCUT2D eigenvalue weighted by atomic mass is 10.2. The van der Waals surface area contributed by atoms with Crippen LogP contribution in [-0.2, 0) is 0 Å². The molecule has 0 radical (unpaired) electrons. The van der Waals surface area contributed by atoms with Gasteiger partial charge >= 0.3 is 0 Å². The number of thiocyanates is 1. The van der Waals surface area contributed by atoms with Gasteiger partial charge in [-0.25, -0.2) is 0 Å². The summed E-state index contributed by atoms with van der Waals surface area (Å²) >= 11 is 1.15. The van der Waals surface area contributed by atoms with Gasteiger partial charge in [-0.2, -0.15) is 5.26 Å². The van der Waals surface area contributed by atoms with Crippen LogP contribution in [0.25, 0.3) is 0 Å². The summed E-state index contributed by atoms with van der Waals surface area (Å²) < 4.78 is 5.74. The van der Waals surface area contributed by atoms with E-state index in [1.807, 2.05) is 48.5 Å². The lowest BCUT2D eigenvalue weighted by Crippen LogP contribution is -2.09. The summed E-state index contributed by atoms with van der Waals surface area (Å²) in [4.78, 5) is 0.930. The molecule has 0 aliphatic rings. The van der Waals surface area contributed by atoms with Gasteiger partial charge in [0.15, 0.2) is 0 Å². The SMILES string of the molecule is CCC(C)Oc1ccc(C#Cc2ccc(SC#N)cc2)cc1. The van der Waals surface area contributed by atoms with Crippen molar-refractivity contribution in [1.29, 1.82) is 5.26 Å². The highest BCUT2D eigenvalue weighted by Gasteiger charge is 2.00. The molecular formula is C19H17NOS. The first-order valence-corrected chi connectivity index (χ1v) is 7.97. The van der Waals surface area contributed by atoms with Gasteiger partial charge in [0.05, 0.1) is 6.10 Å². The van der Waals surface area contributed by atoms with Crippen molar-refractivity contribution in [3.8, 4) is 23.0 Å². The first-order valence-electron chi connectivity index (χ1n) is 7.16. The van der Waals surface area contributed by atoms with Crippen molar-refractivity contribution in [2.45, 2.75) is 31.3 Å². The highest BCUT2D eigenvalue weighted by molar-refractivity contribution is 8.03. The second-order valence-electron chi connectivity index (χ2n) is 4.83. The first kappa shape index (κ1) is 16.0. The number of hydrogen-bond acceptors (Lipinski definition) is 3. The summed E-state index contributed by atoms with van der Waals surface area (Å²) in [5, 5.41) is 10.7. The van der Waals surface area contributed by atoms with Crippen LogP contribution in [-0.4, -0.2) is 6.10 Å². The standard InChI is InChI=1S/C19H17NOS/c1-3-15(2)21-18-10-6-16(7-11-18)4-5-17-8-12-19(13-9-17)22-14-20/h6-13,15H,3H2,1-2H3. The molecule has 1 atom stereocenters. The van der Waals surface area contributed by atoms with Crippen LogP contribution in [0.4, 0.5) is 0 Å². The molecule has 110 valence electrons. The predicted molar refractivity (Wildman–Crippen MR) is 90.7 cm³/mol. The fourth-order valence-electron chi connectivity index (χ4n) is 1.74. The lowest BCUT2D eigenvalue weighted by Gasteiger charge is -2.11. The van der Waals surface area contributed by atoms with Crippen molar-refractivity contribution in [1.82, 2.24) is 0 Å². The minimum Gasteiger partial charge on any atom is -0.491 e. The molecule has 0 amide bonds. The van der Waals surface area contributed by atoms with Crippen LogP contribution in [0.1, 0.15) is 31.4 Å². The van der Waals surface area contributed by atoms with Gasteiger partial charge < -0.3 is 4.74 Å². The van der Waals surface area contributed by atoms with E-state index in [0.29, 0.717) is 0 Å². The van der Waals surface area contributed by atoms with Crippen LogP contribution in [0, 0.1) is 22.5 Å². The van der Waals surface area contributed by atoms with Gasteiger partial charge in [0, 0.05) is 16.0 Å². The highest BCUT2D eigenvalue weighted by Crippen LogP contribution is 2.17. The third kappa shape index (κ3) is 4.88. The van der Waals surface area contributed by atoms with E-state index in [1.54, 1.807) is 0 Å². The molecule has 0 heterocycles. The lowest BCUT2D eigenvalue weighted by molar-refractivity contribution is 0.217. The Labute approximate surface area is 136 Å². The summed E-state index contributed by atoms with van der Waals surface area (Å²) in [7, 11) is 0. The van der Waals surface area contributed by atoms with Gasteiger partial charge in [-0.3, -0.25) is 0 Å². The summed E-state index contributed by atoms with van der Waals surface area (Å²) in [5.74, 6) is 7.12. The van der Waals surface area contributed by atoms with E-state index >= 15 is 0 Å². The Bertz CT molecular complexity index is 702. The van der Waals surface area contributed by atoms with Gasteiger partial charge in [-0.05, 0) is 73.6 Å². The molecular weight excluding hydrogens is 290 g/mol. The zero-order chi connectivity index (χ0) is 15.8. The second kappa shape index (κ2) is 8.17. The molecule has 0 fully saturated rings. The van der Waals surface area contributed by atoms with Crippen molar-refractivity contribution >= 4 is 11.8 Å². The molecule has 0 spiro atoms.